The van der Waals surface area contributed by atoms with Crippen molar-refractivity contribution in [3.8, 4) is 5.69 Å². The number of hydrogen-bond acceptors (Lipinski definition) is 5. The summed E-state index contributed by atoms with van der Waals surface area (Å²) in [4.78, 5) is 21.2. The topological polar surface area (TPSA) is 85.8 Å². The molecule has 4 rings (SSSR count). The van der Waals surface area contributed by atoms with Crippen LogP contribution in [0, 0.1) is 6.92 Å². The molecule has 0 unspecified atom stereocenters. The first-order valence-electron chi connectivity index (χ1n) is 8.82. The van der Waals surface area contributed by atoms with Gasteiger partial charge < -0.3 is 4.52 Å². The van der Waals surface area contributed by atoms with Crippen molar-refractivity contribution < 1.29 is 9.32 Å². The molecule has 136 valence electrons. The summed E-state index contributed by atoms with van der Waals surface area (Å²) in [5.74, 6) is 1.57. The maximum Gasteiger partial charge on any atom is 0.226 e. The number of anilines is 1. The molecule has 4 aromatic rings. The first-order valence-corrected chi connectivity index (χ1v) is 8.82. The molecule has 1 amide bonds. The molecule has 0 aliphatic carbocycles. The minimum absolute atomic E-state index is 0.0984. The van der Waals surface area contributed by atoms with Crippen LogP contribution >= 0.6 is 0 Å². The average molecular weight is 361 g/mol. The van der Waals surface area contributed by atoms with Crippen LogP contribution in [0.4, 0.5) is 5.95 Å². The molecule has 0 saturated carbocycles. The van der Waals surface area contributed by atoms with Gasteiger partial charge in [0.15, 0.2) is 5.82 Å². The van der Waals surface area contributed by atoms with E-state index < -0.39 is 0 Å². The number of nitrogens with zero attached hydrogens (tertiary/aromatic N) is 4. The molecule has 0 spiro atoms. The standard InChI is InChI=1S/C20H19N5O2/c1-14-21-19(27-24-14)13-7-12-18(26)23-20-22-16-10-5-6-11-17(16)25(20)15-8-3-2-4-9-15/h2-6,8-11H,7,12-13H2,1H3,(H,22,23,26). The molecule has 2 aromatic carbocycles. The van der Waals surface area contributed by atoms with Crippen molar-refractivity contribution in [2.75, 3.05) is 5.32 Å². The van der Waals surface area contributed by atoms with E-state index in [-0.39, 0.29) is 5.91 Å². The van der Waals surface area contributed by atoms with Crippen molar-refractivity contribution in [2.24, 2.45) is 0 Å². The van der Waals surface area contributed by atoms with Crippen LogP contribution in [0.5, 0.6) is 0 Å². The number of imidazole rings is 1. The highest BCUT2D eigenvalue weighted by Gasteiger charge is 2.14. The molecule has 2 aromatic heterocycles. The number of carbonyl (C=O) groups excluding carboxylic acids is 1. The van der Waals surface area contributed by atoms with Gasteiger partial charge in [-0.3, -0.25) is 14.7 Å². The normalized spacial score (nSPS) is 11.0. The Morgan fingerprint density at radius 1 is 1.07 bits per heavy atom. The average Bonchev–Trinajstić information content (AvgIpc) is 3.25. The number of hydrogen-bond donors (Lipinski definition) is 1. The zero-order valence-corrected chi connectivity index (χ0v) is 14.9. The van der Waals surface area contributed by atoms with E-state index in [1.54, 1.807) is 6.92 Å². The number of nitrogens with one attached hydrogen (secondary N) is 1. The molecule has 0 fully saturated rings. The van der Waals surface area contributed by atoms with Gasteiger partial charge in [-0.05, 0) is 37.6 Å². The molecule has 27 heavy (non-hydrogen) atoms. The molecule has 0 aliphatic rings. The number of aryl methyl sites for hydroxylation is 2. The minimum atomic E-state index is -0.0984. The first-order chi connectivity index (χ1) is 13.2. The van der Waals surface area contributed by atoms with Crippen LogP contribution in [-0.2, 0) is 11.2 Å². The Kier molecular flexibility index (Phi) is 4.65. The third kappa shape index (κ3) is 3.72. The van der Waals surface area contributed by atoms with E-state index in [1.807, 2.05) is 59.2 Å². The Balaban J connectivity index is 1.52. The van der Waals surface area contributed by atoms with Crippen LogP contribution in [0.2, 0.25) is 0 Å². The van der Waals surface area contributed by atoms with Gasteiger partial charge in [0, 0.05) is 18.5 Å². The zero-order valence-electron chi connectivity index (χ0n) is 14.9. The summed E-state index contributed by atoms with van der Waals surface area (Å²) >= 11 is 0. The first kappa shape index (κ1) is 17.0. The van der Waals surface area contributed by atoms with Crippen molar-refractivity contribution in [3.63, 3.8) is 0 Å². The lowest BCUT2D eigenvalue weighted by atomic mass is 10.2. The molecule has 0 aliphatic heterocycles. The number of rotatable bonds is 6. The number of amides is 1. The second-order valence-electron chi connectivity index (χ2n) is 6.23. The van der Waals surface area contributed by atoms with E-state index >= 15 is 0 Å². The Labute approximate surface area is 156 Å². The van der Waals surface area contributed by atoms with Crippen molar-refractivity contribution in [1.29, 1.82) is 0 Å². The number of carbonyl (C=O) groups is 1. The van der Waals surface area contributed by atoms with Gasteiger partial charge in [0.25, 0.3) is 0 Å². The van der Waals surface area contributed by atoms with Crippen LogP contribution in [0.25, 0.3) is 16.7 Å². The Morgan fingerprint density at radius 2 is 1.85 bits per heavy atom. The minimum Gasteiger partial charge on any atom is -0.339 e. The summed E-state index contributed by atoms with van der Waals surface area (Å²) in [6.07, 6.45) is 1.54. The van der Waals surface area contributed by atoms with Gasteiger partial charge in [0.1, 0.15) is 0 Å². The van der Waals surface area contributed by atoms with E-state index in [0.717, 1.165) is 16.7 Å². The number of aromatic nitrogens is 4. The molecule has 0 bridgehead atoms. The predicted octanol–water partition coefficient (Wildman–Crippen LogP) is 3.68. The molecule has 0 atom stereocenters. The fourth-order valence-electron chi connectivity index (χ4n) is 2.98. The van der Waals surface area contributed by atoms with Crippen LogP contribution in [0.3, 0.4) is 0 Å². The number of para-hydroxylation sites is 3. The summed E-state index contributed by atoms with van der Waals surface area (Å²) in [6.45, 7) is 1.77. The van der Waals surface area contributed by atoms with Gasteiger partial charge in [-0.2, -0.15) is 4.98 Å². The van der Waals surface area contributed by atoms with Crippen molar-refractivity contribution in [1.82, 2.24) is 19.7 Å². The Hall–Kier alpha value is -3.48. The highest BCUT2D eigenvalue weighted by atomic mass is 16.5. The molecule has 1 N–H and O–H groups in total. The van der Waals surface area contributed by atoms with Gasteiger partial charge in [-0.1, -0.05) is 35.5 Å². The Morgan fingerprint density at radius 3 is 2.63 bits per heavy atom. The van der Waals surface area contributed by atoms with Gasteiger partial charge in [0.2, 0.25) is 17.7 Å². The quantitative estimate of drug-likeness (QED) is 0.566. The van der Waals surface area contributed by atoms with Gasteiger partial charge in [0.05, 0.1) is 11.0 Å². The monoisotopic (exact) mass is 361 g/mol. The van der Waals surface area contributed by atoms with Crippen LogP contribution < -0.4 is 5.32 Å². The molecular formula is C20H19N5O2. The second kappa shape index (κ2) is 7.41. The molecule has 7 heteroatoms. The third-order valence-electron chi connectivity index (χ3n) is 4.19. The highest BCUT2D eigenvalue weighted by Crippen LogP contribution is 2.24. The summed E-state index contributed by atoms with van der Waals surface area (Å²) in [5, 5.41) is 6.69. The van der Waals surface area contributed by atoms with Crippen LogP contribution in [0.15, 0.2) is 59.1 Å². The van der Waals surface area contributed by atoms with E-state index in [0.29, 0.717) is 36.9 Å². The largest absolute Gasteiger partial charge is 0.339 e. The van der Waals surface area contributed by atoms with Gasteiger partial charge in [-0.25, -0.2) is 4.98 Å². The fraction of sp³-hybridized carbons (Fsp3) is 0.200. The van der Waals surface area contributed by atoms with Crippen molar-refractivity contribution in [2.45, 2.75) is 26.2 Å². The van der Waals surface area contributed by atoms with E-state index in [4.69, 9.17) is 4.52 Å². The van der Waals surface area contributed by atoms with Gasteiger partial charge >= 0.3 is 0 Å². The van der Waals surface area contributed by atoms with Gasteiger partial charge in [-0.15, -0.1) is 0 Å². The molecule has 2 heterocycles. The molecule has 0 radical (unpaired) electrons. The van der Waals surface area contributed by atoms with Crippen LogP contribution in [0.1, 0.15) is 24.6 Å². The van der Waals surface area contributed by atoms with E-state index in [2.05, 4.69) is 20.4 Å². The van der Waals surface area contributed by atoms with Crippen molar-refractivity contribution >= 4 is 22.9 Å². The SMILES string of the molecule is Cc1noc(CCCC(=O)Nc2nc3ccccc3n2-c2ccccc2)n1. The summed E-state index contributed by atoms with van der Waals surface area (Å²) in [7, 11) is 0. The lowest BCUT2D eigenvalue weighted by Crippen LogP contribution is -2.15. The lowest BCUT2D eigenvalue weighted by molar-refractivity contribution is -0.116. The maximum absolute atomic E-state index is 12.4. The van der Waals surface area contributed by atoms with Crippen molar-refractivity contribution in [3.05, 3.63) is 66.3 Å². The fourth-order valence-corrected chi connectivity index (χ4v) is 2.98. The smallest absolute Gasteiger partial charge is 0.226 e. The zero-order chi connectivity index (χ0) is 18.6. The van der Waals surface area contributed by atoms with Crippen LogP contribution in [-0.4, -0.2) is 25.6 Å². The maximum atomic E-state index is 12.4. The third-order valence-corrected chi connectivity index (χ3v) is 4.19. The van der Waals surface area contributed by atoms with E-state index in [9.17, 15) is 4.79 Å². The lowest BCUT2D eigenvalue weighted by Gasteiger charge is -2.10. The summed E-state index contributed by atoms with van der Waals surface area (Å²) in [6, 6.07) is 17.7. The highest BCUT2D eigenvalue weighted by molar-refractivity contribution is 5.92. The summed E-state index contributed by atoms with van der Waals surface area (Å²) < 4.78 is 7.02. The van der Waals surface area contributed by atoms with E-state index in [1.165, 1.54) is 0 Å². The number of fused-ring (bicyclic) bond motifs is 1. The predicted molar refractivity (Wildman–Crippen MR) is 102 cm³/mol. The number of benzene rings is 2. The summed E-state index contributed by atoms with van der Waals surface area (Å²) in [5.41, 5.74) is 2.72. The molecule has 0 saturated heterocycles. The second-order valence-corrected chi connectivity index (χ2v) is 6.23. The molecule has 7 nitrogen and oxygen atoms in total. The Bertz CT molecular complexity index is 1070. The molecular weight excluding hydrogens is 342 g/mol.